The molecule has 0 bridgehead atoms. The normalized spacial score (nSPS) is 12.0. The van der Waals surface area contributed by atoms with Crippen LogP contribution < -0.4 is 5.32 Å². The Bertz CT molecular complexity index is 607. The maximum absolute atomic E-state index is 12.2. The number of aryl methyl sites for hydroxylation is 1. The monoisotopic (exact) mass is 301 g/mol. The van der Waals surface area contributed by atoms with Crippen molar-refractivity contribution in [1.29, 1.82) is 0 Å². The second kappa shape index (κ2) is 7.28. The van der Waals surface area contributed by atoms with Crippen LogP contribution >= 0.6 is 11.6 Å². The number of rotatable bonds is 5. The molecule has 0 aliphatic rings. The van der Waals surface area contributed by atoms with Crippen LogP contribution in [-0.2, 0) is 11.2 Å². The van der Waals surface area contributed by atoms with E-state index >= 15 is 0 Å². The number of hydrogen-bond acceptors (Lipinski definition) is 1. The van der Waals surface area contributed by atoms with Gasteiger partial charge in [-0.15, -0.1) is 0 Å². The average Bonchev–Trinajstić information content (AvgIpc) is 2.48. The molecule has 2 nitrogen and oxygen atoms in total. The van der Waals surface area contributed by atoms with E-state index in [0.29, 0.717) is 11.4 Å². The summed E-state index contributed by atoms with van der Waals surface area (Å²) >= 11 is 5.90. The average molecular weight is 302 g/mol. The van der Waals surface area contributed by atoms with Crippen molar-refractivity contribution >= 4 is 17.5 Å². The maximum Gasteiger partial charge on any atom is 0.224 e. The Morgan fingerprint density at radius 3 is 2.43 bits per heavy atom. The van der Waals surface area contributed by atoms with Gasteiger partial charge in [0.2, 0.25) is 5.91 Å². The smallest absolute Gasteiger partial charge is 0.224 e. The zero-order valence-electron chi connectivity index (χ0n) is 12.4. The quantitative estimate of drug-likeness (QED) is 0.868. The molecule has 2 rings (SSSR count). The number of benzene rings is 2. The van der Waals surface area contributed by atoms with E-state index in [-0.39, 0.29) is 11.9 Å². The molecule has 0 radical (unpaired) electrons. The van der Waals surface area contributed by atoms with Crippen LogP contribution in [0.2, 0.25) is 5.02 Å². The Hall–Kier alpha value is -1.80. The number of hydrogen-bond donors (Lipinski definition) is 1. The van der Waals surface area contributed by atoms with E-state index in [1.807, 2.05) is 55.5 Å². The summed E-state index contributed by atoms with van der Waals surface area (Å²) in [6.45, 7) is 4.09. The summed E-state index contributed by atoms with van der Waals surface area (Å²) in [5.74, 6) is 0.0473. The van der Waals surface area contributed by atoms with Crippen molar-refractivity contribution in [1.82, 2.24) is 5.32 Å². The van der Waals surface area contributed by atoms with Crippen LogP contribution in [0.25, 0.3) is 0 Å². The zero-order chi connectivity index (χ0) is 15.2. The molecule has 0 spiro atoms. The van der Waals surface area contributed by atoms with Gasteiger partial charge in [-0.1, -0.05) is 54.9 Å². The van der Waals surface area contributed by atoms with Crippen molar-refractivity contribution in [3.05, 3.63) is 70.2 Å². The number of nitrogens with one attached hydrogen (secondary N) is 1. The van der Waals surface area contributed by atoms with Gasteiger partial charge in [0.05, 0.1) is 12.5 Å². The van der Waals surface area contributed by atoms with Crippen LogP contribution in [0, 0.1) is 6.92 Å². The van der Waals surface area contributed by atoms with E-state index in [4.69, 9.17) is 11.6 Å². The van der Waals surface area contributed by atoms with E-state index in [0.717, 1.165) is 23.1 Å². The number of carbonyl (C=O) groups excluding carboxylic acids is 1. The number of carbonyl (C=O) groups is 1. The summed E-state index contributed by atoms with van der Waals surface area (Å²) in [6.07, 6.45) is 1.26. The lowest BCUT2D eigenvalue weighted by Gasteiger charge is -2.18. The molecule has 2 aromatic carbocycles. The highest BCUT2D eigenvalue weighted by Gasteiger charge is 2.13. The van der Waals surface area contributed by atoms with Crippen LogP contribution in [-0.4, -0.2) is 5.91 Å². The molecular formula is C18H20ClNO. The molecule has 21 heavy (non-hydrogen) atoms. The molecule has 0 saturated carbocycles. The second-order valence-corrected chi connectivity index (χ2v) is 5.62. The molecule has 0 aliphatic heterocycles. The summed E-state index contributed by atoms with van der Waals surface area (Å²) in [5.41, 5.74) is 3.30. The Labute approximate surface area is 131 Å². The molecule has 0 aliphatic carbocycles. The molecule has 0 heterocycles. The van der Waals surface area contributed by atoms with Crippen LogP contribution in [0.15, 0.2) is 48.5 Å². The van der Waals surface area contributed by atoms with Crippen LogP contribution in [0.4, 0.5) is 0 Å². The van der Waals surface area contributed by atoms with E-state index in [2.05, 4.69) is 12.2 Å². The van der Waals surface area contributed by atoms with E-state index in [9.17, 15) is 4.79 Å². The van der Waals surface area contributed by atoms with Gasteiger partial charge in [-0.25, -0.2) is 0 Å². The van der Waals surface area contributed by atoms with Gasteiger partial charge >= 0.3 is 0 Å². The summed E-state index contributed by atoms with van der Waals surface area (Å²) < 4.78 is 0. The van der Waals surface area contributed by atoms with Crippen molar-refractivity contribution in [3.63, 3.8) is 0 Å². The van der Waals surface area contributed by atoms with E-state index in [1.165, 1.54) is 0 Å². The minimum atomic E-state index is 0.0267. The summed E-state index contributed by atoms with van der Waals surface area (Å²) in [4.78, 5) is 12.2. The molecule has 1 atom stereocenters. The van der Waals surface area contributed by atoms with Gasteiger partial charge < -0.3 is 5.32 Å². The fourth-order valence-corrected chi connectivity index (χ4v) is 2.47. The van der Waals surface area contributed by atoms with Crippen molar-refractivity contribution in [2.75, 3.05) is 0 Å². The highest BCUT2D eigenvalue weighted by molar-refractivity contribution is 6.30. The number of halogens is 1. The zero-order valence-corrected chi connectivity index (χ0v) is 13.2. The lowest BCUT2D eigenvalue weighted by molar-refractivity contribution is -0.121. The summed E-state index contributed by atoms with van der Waals surface area (Å²) in [7, 11) is 0. The molecule has 1 amide bonds. The molecule has 0 aromatic heterocycles. The molecule has 2 aromatic rings. The van der Waals surface area contributed by atoms with Gasteiger partial charge in [0.15, 0.2) is 0 Å². The predicted molar refractivity (Wildman–Crippen MR) is 87.5 cm³/mol. The van der Waals surface area contributed by atoms with Gasteiger partial charge in [-0.05, 0) is 42.2 Å². The van der Waals surface area contributed by atoms with E-state index in [1.54, 1.807) is 0 Å². The van der Waals surface area contributed by atoms with Gasteiger partial charge in [0.25, 0.3) is 0 Å². The Balaban J connectivity index is 2.03. The third kappa shape index (κ3) is 4.33. The first kappa shape index (κ1) is 15.6. The first-order chi connectivity index (χ1) is 10.1. The van der Waals surface area contributed by atoms with Crippen molar-refractivity contribution in [3.8, 4) is 0 Å². The molecule has 0 saturated heterocycles. The third-order valence-corrected chi connectivity index (χ3v) is 3.88. The minimum absolute atomic E-state index is 0.0267. The van der Waals surface area contributed by atoms with Gasteiger partial charge in [-0.2, -0.15) is 0 Å². The van der Waals surface area contributed by atoms with Gasteiger partial charge in [-0.3, -0.25) is 4.79 Å². The van der Waals surface area contributed by atoms with E-state index < -0.39 is 0 Å². The minimum Gasteiger partial charge on any atom is -0.349 e. The number of amides is 1. The molecular weight excluding hydrogens is 282 g/mol. The van der Waals surface area contributed by atoms with Crippen molar-refractivity contribution in [2.45, 2.75) is 32.7 Å². The Kier molecular flexibility index (Phi) is 5.40. The van der Waals surface area contributed by atoms with Gasteiger partial charge in [0, 0.05) is 5.02 Å². The van der Waals surface area contributed by atoms with Gasteiger partial charge in [0.1, 0.15) is 0 Å². The summed E-state index contributed by atoms with van der Waals surface area (Å²) in [5, 5.41) is 3.80. The molecule has 0 fully saturated rings. The standard InChI is InChI=1S/C18H20ClNO/c1-3-17(14-8-10-16(19)11-9-14)20-18(21)12-15-7-5-4-6-13(15)2/h4-11,17H,3,12H2,1-2H3,(H,20,21)/t17-/m0/s1. The fourth-order valence-electron chi connectivity index (χ4n) is 2.34. The van der Waals surface area contributed by atoms with Crippen molar-refractivity contribution < 1.29 is 4.79 Å². The van der Waals surface area contributed by atoms with Crippen molar-refractivity contribution in [2.24, 2.45) is 0 Å². The molecule has 110 valence electrons. The Morgan fingerprint density at radius 1 is 1.14 bits per heavy atom. The molecule has 0 unspecified atom stereocenters. The SMILES string of the molecule is CC[C@H](NC(=O)Cc1ccccc1C)c1ccc(Cl)cc1. The first-order valence-corrected chi connectivity index (χ1v) is 7.57. The summed E-state index contributed by atoms with van der Waals surface area (Å²) in [6, 6.07) is 15.6. The highest BCUT2D eigenvalue weighted by atomic mass is 35.5. The van der Waals surface area contributed by atoms with Crippen LogP contribution in [0.1, 0.15) is 36.1 Å². The molecule has 3 heteroatoms. The second-order valence-electron chi connectivity index (χ2n) is 5.18. The maximum atomic E-state index is 12.2. The third-order valence-electron chi connectivity index (χ3n) is 3.63. The largest absolute Gasteiger partial charge is 0.349 e. The Morgan fingerprint density at radius 2 is 1.81 bits per heavy atom. The first-order valence-electron chi connectivity index (χ1n) is 7.19. The topological polar surface area (TPSA) is 29.1 Å². The highest BCUT2D eigenvalue weighted by Crippen LogP contribution is 2.19. The lowest BCUT2D eigenvalue weighted by Crippen LogP contribution is -2.29. The van der Waals surface area contributed by atoms with Crippen LogP contribution in [0.3, 0.4) is 0 Å². The molecule has 1 N–H and O–H groups in total. The fraction of sp³-hybridized carbons (Fsp3) is 0.278. The lowest BCUT2D eigenvalue weighted by atomic mass is 10.0. The predicted octanol–water partition coefficient (Wildman–Crippen LogP) is 4.46. The van der Waals surface area contributed by atoms with Crippen LogP contribution in [0.5, 0.6) is 0 Å².